The van der Waals surface area contributed by atoms with Gasteiger partial charge in [0.15, 0.2) is 5.13 Å². The molecule has 1 aromatic carbocycles. The number of aromatic nitrogens is 5. The summed E-state index contributed by atoms with van der Waals surface area (Å²) in [7, 11) is 4.38. The number of hydrogen-bond acceptors (Lipinski definition) is 11. The van der Waals surface area contributed by atoms with Crippen molar-refractivity contribution < 1.29 is 23.8 Å². The van der Waals surface area contributed by atoms with E-state index in [0.29, 0.717) is 38.0 Å². The van der Waals surface area contributed by atoms with Gasteiger partial charge < -0.3 is 19.5 Å². The molecule has 158 valence electrons. The summed E-state index contributed by atoms with van der Waals surface area (Å²) in [5.74, 6) is 0.382. The van der Waals surface area contributed by atoms with Crippen molar-refractivity contribution in [2.24, 2.45) is 0 Å². The molecule has 3 rings (SSSR count). The Bertz CT molecular complexity index is 1040. The van der Waals surface area contributed by atoms with Crippen molar-refractivity contribution >= 4 is 40.1 Å². The number of carbonyl (C=O) groups excluding carboxylic acids is 2. The van der Waals surface area contributed by atoms with Crippen LogP contribution in [0.15, 0.2) is 23.4 Å². The van der Waals surface area contributed by atoms with Crippen molar-refractivity contribution in [3.63, 3.8) is 0 Å². The van der Waals surface area contributed by atoms with Crippen molar-refractivity contribution in [2.75, 3.05) is 32.4 Å². The first-order valence-corrected chi connectivity index (χ1v) is 10.3. The minimum Gasteiger partial charge on any atom is -0.497 e. The average molecular weight is 451 g/mol. The minimum absolute atomic E-state index is 0.0354. The molecule has 0 fully saturated rings. The molecule has 0 radical (unpaired) electrons. The van der Waals surface area contributed by atoms with Crippen LogP contribution in [-0.4, -0.2) is 64.1 Å². The van der Waals surface area contributed by atoms with Gasteiger partial charge in [0.05, 0.1) is 38.5 Å². The highest BCUT2D eigenvalue weighted by molar-refractivity contribution is 7.99. The van der Waals surface area contributed by atoms with Gasteiger partial charge in [0, 0.05) is 18.2 Å². The van der Waals surface area contributed by atoms with Gasteiger partial charge in [0.25, 0.3) is 0 Å². The number of nitrogens with zero attached hydrogens (tertiary/aromatic N) is 5. The molecular weight excluding hydrogens is 432 g/mol. The molecule has 1 amide bonds. The van der Waals surface area contributed by atoms with Crippen molar-refractivity contribution in [3.8, 4) is 17.2 Å². The highest BCUT2D eigenvalue weighted by Gasteiger charge is 2.18. The molecule has 0 bridgehead atoms. The number of nitrogens with one attached hydrogen (secondary N) is 1. The fourth-order valence-corrected chi connectivity index (χ4v) is 3.95. The number of thiazole rings is 1. The van der Waals surface area contributed by atoms with Crippen LogP contribution >= 0.6 is 23.1 Å². The molecule has 3 aromatic rings. The summed E-state index contributed by atoms with van der Waals surface area (Å²) < 4.78 is 16.7. The average Bonchev–Trinajstić information content (AvgIpc) is 3.37. The number of amides is 1. The number of anilines is 1. The molecule has 0 spiro atoms. The molecule has 2 heterocycles. The zero-order chi connectivity index (χ0) is 21.7. The molecule has 1 N–H and O–H groups in total. The Morgan fingerprint density at radius 2 is 1.87 bits per heavy atom. The number of tetrazole rings is 1. The summed E-state index contributed by atoms with van der Waals surface area (Å²) >= 11 is 2.19. The highest BCUT2D eigenvalue weighted by atomic mass is 32.2. The van der Waals surface area contributed by atoms with E-state index in [0.717, 1.165) is 23.1 Å². The number of ether oxygens (including phenoxy) is 3. The van der Waals surface area contributed by atoms with Crippen LogP contribution in [0.4, 0.5) is 5.13 Å². The smallest absolute Gasteiger partial charge is 0.350 e. The number of rotatable bonds is 8. The molecule has 0 atom stereocenters. The van der Waals surface area contributed by atoms with Crippen molar-refractivity contribution in [3.05, 3.63) is 28.8 Å². The number of carbonyl (C=O) groups is 2. The number of benzene rings is 1. The molecule has 30 heavy (non-hydrogen) atoms. The maximum atomic E-state index is 12.3. The standard InChI is InChI=1S/C17H18N6O5S2/c1-9-14(15(25)28-4)30-16(18-9)19-13(24)8-29-17-20-21-22-23(17)10-5-11(26-2)7-12(6-10)27-3/h5-7H,8H2,1-4H3,(H,18,19,24). The van der Waals surface area contributed by atoms with E-state index in [-0.39, 0.29) is 11.7 Å². The van der Waals surface area contributed by atoms with Gasteiger partial charge in [-0.1, -0.05) is 23.1 Å². The van der Waals surface area contributed by atoms with E-state index in [2.05, 4.69) is 25.8 Å². The molecule has 0 aliphatic rings. The fourth-order valence-electron chi connectivity index (χ4n) is 2.36. The van der Waals surface area contributed by atoms with Crippen LogP contribution in [0.1, 0.15) is 15.4 Å². The second kappa shape index (κ2) is 9.54. The van der Waals surface area contributed by atoms with Gasteiger partial charge in [-0.15, -0.1) is 5.10 Å². The predicted octanol–water partition coefficient (Wildman–Crippen LogP) is 1.96. The van der Waals surface area contributed by atoms with E-state index in [1.165, 1.54) is 11.8 Å². The molecule has 0 aliphatic carbocycles. The third-order valence-corrected chi connectivity index (χ3v) is 5.74. The molecule has 0 saturated carbocycles. The SMILES string of the molecule is COC(=O)c1sc(NC(=O)CSc2nnnn2-c2cc(OC)cc(OC)c2)nc1C. The molecule has 11 nitrogen and oxygen atoms in total. The number of aryl methyl sites for hydroxylation is 1. The minimum atomic E-state index is -0.493. The van der Waals surface area contributed by atoms with Gasteiger partial charge in [-0.3, -0.25) is 4.79 Å². The van der Waals surface area contributed by atoms with Gasteiger partial charge in [-0.05, 0) is 17.4 Å². The molecular formula is C17H18N6O5S2. The lowest BCUT2D eigenvalue weighted by Crippen LogP contribution is -2.14. The maximum absolute atomic E-state index is 12.3. The molecule has 0 saturated heterocycles. The Morgan fingerprint density at radius 1 is 1.17 bits per heavy atom. The predicted molar refractivity (Wildman–Crippen MR) is 110 cm³/mol. The summed E-state index contributed by atoms with van der Waals surface area (Å²) in [4.78, 5) is 28.5. The lowest BCUT2D eigenvalue weighted by molar-refractivity contribution is -0.113. The quantitative estimate of drug-likeness (QED) is 0.401. The first kappa shape index (κ1) is 21.5. The van der Waals surface area contributed by atoms with Crippen LogP contribution in [-0.2, 0) is 9.53 Å². The Balaban J connectivity index is 1.69. The third kappa shape index (κ3) is 4.86. The molecule has 2 aromatic heterocycles. The summed E-state index contributed by atoms with van der Waals surface area (Å²) in [5, 5.41) is 15.0. The van der Waals surface area contributed by atoms with Gasteiger partial charge in [0.1, 0.15) is 16.4 Å². The fraction of sp³-hybridized carbons (Fsp3) is 0.294. The monoisotopic (exact) mass is 450 g/mol. The van der Waals surface area contributed by atoms with E-state index in [1.54, 1.807) is 39.3 Å². The lowest BCUT2D eigenvalue weighted by atomic mass is 10.3. The Hall–Kier alpha value is -3.19. The van der Waals surface area contributed by atoms with E-state index in [1.807, 2.05) is 0 Å². The zero-order valence-corrected chi connectivity index (χ0v) is 18.2. The van der Waals surface area contributed by atoms with Gasteiger partial charge in [-0.2, -0.15) is 4.68 Å². The summed E-state index contributed by atoms with van der Waals surface area (Å²) in [5.41, 5.74) is 1.11. The van der Waals surface area contributed by atoms with E-state index in [9.17, 15) is 9.59 Å². The van der Waals surface area contributed by atoms with Gasteiger partial charge in [-0.25, -0.2) is 9.78 Å². The third-order valence-electron chi connectivity index (χ3n) is 3.77. The van der Waals surface area contributed by atoms with Crippen LogP contribution in [0.25, 0.3) is 5.69 Å². The van der Waals surface area contributed by atoms with Crippen molar-refractivity contribution in [1.29, 1.82) is 0 Å². The van der Waals surface area contributed by atoms with E-state index in [4.69, 9.17) is 14.2 Å². The van der Waals surface area contributed by atoms with Crippen LogP contribution in [0.3, 0.4) is 0 Å². The second-order valence-electron chi connectivity index (χ2n) is 5.71. The maximum Gasteiger partial charge on any atom is 0.350 e. The number of hydrogen-bond donors (Lipinski definition) is 1. The topological polar surface area (TPSA) is 130 Å². The largest absolute Gasteiger partial charge is 0.497 e. The molecule has 13 heteroatoms. The van der Waals surface area contributed by atoms with Crippen molar-refractivity contribution in [1.82, 2.24) is 25.2 Å². The highest BCUT2D eigenvalue weighted by Crippen LogP contribution is 2.27. The van der Waals surface area contributed by atoms with Crippen LogP contribution < -0.4 is 14.8 Å². The van der Waals surface area contributed by atoms with E-state index >= 15 is 0 Å². The van der Waals surface area contributed by atoms with Crippen LogP contribution in [0, 0.1) is 6.92 Å². The number of methoxy groups -OCH3 is 3. The van der Waals surface area contributed by atoms with Gasteiger partial charge >= 0.3 is 5.97 Å². The van der Waals surface area contributed by atoms with Crippen molar-refractivity contribution in [2.45, 2.75) is 12.1 Å². The Morgan fingerprint density at radius 3 is 2.50 bits per heavy atom. The summed E-state index contributed by atoms with van der Waals surface area (Å²) in [6.07, 6.45) is 0. The lowest BCUT2D eigenvalue weighted by Gasteiger charge is -2.09. The first-order chi connectivity index (χ1) is 14.4. The normalized spacial score (nSPS) is 10.5. The molecule has 0 unspecified atom stereocenters. The molecule has 0 aliphatic heterocycles. The van der Waals surface area contributed by atoms with Gasteiger partial charge in [0.2, 0.25) is 11.1 Å². The summed E-state index contributed by atoms with van der Waals surface area (Å²) in [6.45, 7) is 1.67. The summed E-state index contributed by atoms with van der Waals surface area (Å²) in [6, 6.07) is 5.22. The Kier molecular flexibility index (Phi) is 6.84. The van der Waals surface area contributed by atoms with E-state index < -0.39 is 5.97 Å². The number of thioether (sulfide) groups is 1. The Labute approximate surface area is 179 Å². The van der Waals surface area contributed by atoms with Crippen LogP contribution in [0.2, 0.25) is 0 Å². The zero-order valence-electron chi connectivity index (χ0n) is 16.5. The number of esters is 1. The second-order valence-corrected chi connectivity index (χ2v) is 7.65. The van der Waals surface area contributed by atoms with Crippen LogP contribution in [0.5, 0.6) is 11.5 Å². The first-order valence-electron chi connectivity index (χ1n) is 8.45.